The molecule has 1 aliphatic rings. The van der Waals surface area contributed by atoms with E-state index in [0.717, 1.165) is 25.9 Å². The van der Waals surface area contributed by atoms with E-state index >= 15 is 0 Å². The molecule has 0 aromatic rings. The van der Waals surface area contributed by atoms with Gasteiger partial charge < -0.3 is 15.0 Å². The number of amides is 2. The van der Waals surface area contributed by atoms with Crippen LogP contribution in [0.2, 0.25) is 0 Å². The van der Waals surface area contributed by atoms with Gasteiger partial charge in [0.2, 0.25) is 5.91 Å². The molecule has 5 nitrogen and oxygen atoms in total. The molecular formula is C10H18N2O3. The number of nitrogens with one attached hydrogen (secondary N) is 1. The molecule has 0 saturated carbocycles. The standard InChI is InChI=1S/C10H18N2O3/c1-3-15-10(14)11-8(2)9(13)12-6-4-5-7-12/h8H,3-7H2,1-2H3,(H,11,14). The maximum Gasteiger partial charge on any atom is 0.407 e. The molecule has 86 valence electrons. The van der Waals surface area contributed by atoms with Crippen molar-refractivity contribution in [2.24, 2.45) is 0 Å². The minimum atomic E-state index is -0.530. The third-order valence-corrected chi connectivity index (χ3v) is 2.40. The maximum atomic E-state index is 11.7. The summed E-state index contributed by atoms with van der Waals surface area (Å²) < 4.78 is 4.70. The Morgan fingerprint density at radius 3 is 2.53 bits per heavy atom. The van der Waals surface area contributed by atoms with Crippen molar-refractivity contribution in [3.8, 4) is 0 Å². The Morgan fingerprint density at radius 1 is 1.40 bits per heavy atom. The van der Waals surface area contributed by atoms with Gasteiger partial charge in [0, 0.05) is 13.1 Å². The zero-order valence-corrected chi connectivity index (χ0v) is 9.28. The Kier molecular flexibility index (Phi) is 4.39. The van der Waals surface area contributed by atoms with Crippen molar-refractivity contribution >= 4 is 12.0 Å². The van der Waals surface area contributed by atoms with E-state index in [9.17, 15) is 9.59 Å². The molecule has 2 amide bonds. The largest absolute Gasteiger partial charge is 0.450 e. The fraction of sp³-hybridized carbons (Fsp3) is 0.800. The van der Waals surface area contributed by atoms with Gasteiger partial charge in [0.25, 0.3) is 0 Å². The second-order valence-electron chi connectivity index (χ2n) is 3.62. The van der Waals surface area contributed by atoms with Crippen LogP contribution in [-0.4, -0.2) is 42.6 Å². The first-order valence-electron chi connectivity index (χ1n) is 5.37. The fourth-order valence-electron chi connectivity index (χ4n) is 1.62. The molecule has 0 spiro atoms. The van der Waals surface area contributed by atoms with E-state index in [-0.39, 0.29) is 5.91 Å². The van der Waals surface area contributed by atoms with Gasteiger partial charge in [-0.15, -0.1) is 0 Å². The van der Waals surface area contributed by atoms with Crippen LogP contribution in [-0.2, 0) is 9.53 Å². The van der Waals surface area contributed by atoms with Crippen LogP contribution in [0.15, 0.2) is 0 Å². The molecule has 0 radical (unpaired) electrons. The average molecular weight is 214 g/mol. The summed E-state index contributed by atoms with van der Waals surface area (Å²) in [6.45, 7) is 5.32. The van der Waals surface area contributed by atoms with E-state index < -0.39 is 12.1 Å². The highest BCUT2D eigenvalue weighted by molar-refractivity contribution is 5.85. The summed E-state index contributed by atoms with van der Waals surface area (Å²) in [5, 5.41) is 2.51. The van der Waals surface area contributed by atoms with Crippen LogP contribution in [0.25, 0.3) is 0 Å². The Balaban J connectivity index is 2.35. The number of carbonyl (C=O) groups excluding carboxylic acids is 2. The smallest absolute Gasteiger partial charge is 0.407 e. The highest BCUT2D eigenvalue weighted by atomic mass is 16.5. The van der Waals surface area contributed by atoms with Crippen LogP contribution < -0.4 is 5.32 Å². The Bertz CT molecular complexity index is 237. The number of hydrogen-bond acceptors (Lipinski definition) is 3. The lowest BCUT2D eigenvalue weighted by atomic mass is 10.3. The van der Waals surface area contributed by atoms with Crippen LogP contribution in [0.5, 0.6) is 0 Å². The van der Waals surface area contributed by atoms with Gasteiger partial charge in [0.05, 0.1) is 6.61 Å². The molecule has 5 heteroatoms. The molecule has 1 saturated heterocycles. The van der Waals surface area contributed by atoms with Gasteiger partial charge in [-0.05, 0) is 26.7 Å². The van der Waals surface area contributed by atoms with Crippen molar-refractivity contribution in [2.75, 3.05) is 19.7 Å². The number of alkyl carbamates (subject to hydrolysis) is 1. The minimum absolute atomic E-state index is 0.0273. The molecule has 0 bridgehead atoms. The topological polar surface area (TPSA) is 58.6 Å². The first kappa shape index (κ1) is 11.8. The van der Waals surface area contributed by atoms with Crippen molar-refractivity contribution < 1.29 is 14.3 Å². The summed E-state index contributed by atoms with van der Waals surface area (Å²) in [5.74, 6) is -0.0273. The van der Waals surface area contributed by atoms with Gasteiger partial charge in [-0.1, -0.05) is 0 Å². The van der Waals surface area contributed by atoms with Crippen LogP contribution in [0.1, 0.15) is 26.7 Å². The SMILES string of the molecule is CCOC(=O)NC(C)C(=O)N1CCCC1. The van der Waals surface area contributed by atoms with Crippen molar-refractivity contribution in [1.29, 1.82) is 0 Å². The Labute approximate surface area is 89.8 Å². The lowest BCUT2D eigenvalue weighted by Crippen LogP contribution is -2.46. The number of nitrogens with zero attached hydrogens (tertiary/aromatic N) is 1. The average Bonchev–Trinajstić information content (AvgIpc) is 2.69. The summed E-state index contributed by atoms with van der Waals surface area (Å²) in [6.07, 6.45) is 1.58. The zero-order valence-electron chi connectivity index (χ0n) is 9.28. The van der Waals surface area contributed by atoms with Gasteiger partial charge in [-0.25, -0.2) is 4.79 Å². The number of ether oxygens (including phenoxy) is 1. The van der Waals surface area contributed by atoms with Gasteiger partial charge >= 0.3 is 6.09 Å². The molecule has 0 aromatic heterocycles. The number of rotatable bonds is 3. The molecule has 15 heavy (non-hydrogen) atoms. The van der Waals surface area contributed by atoms with Crippen LogP contribution in [0.3, 0.4) is 0 Å². The first-order valence-corrected chi connectivity index (χ1v) is 5.37. The molecule has 1 fully saturated rings. The van der Waals surface area contributed by atoms with Crippen LogP contribution >= 0.6 is 0 Å². The number of likely N-dealkylation sites (tertiary alicyclic amines) is 1. The van der Waals surface area contributed by atoms with E-state index in [1.807, 2.05) is 0 Å². The van der Waals surface area contributed by atoms with Gasteiger partial charge in [0.15, 0.2) is 0 Å². The van der Waals surface area contributed by atoms with Crippen LogP contribution in [0, 0.1) is 0 Å². The third-order valence-electron chi connectivity index (χ3n) is 2.40. The predicted molar refractivity (Wildman–Crippen MR) is 55.4 cm³/mol. The molecule has 1 rings (SSSR count). The number of carbonyl (C=O) groups is 2. The normalized spacial score (nSPS) is 17.3. The van der Waals surface area contributed by atoms with Gasteiger partial charge in [-0.2, -0.15) is 0 Å². The van der Waals surface area contributed by atoms with E-state index in [0.29, 0.717) is 6.61 Å². The van der Waals surface area contributed by atoms with E-state index in [1.165, 1.54) is 0 Å². The van der Waals surface area contributed by atoms with Gasteiger partial charge in [-0.3, -0.25) is 4.79 Å². The Hall–Kier alpha value is -1.26. The molecule has 0 aromatic carbocycles. The van der Waals surface area contributed by atoms with Crippen molar-refractivity contribution in [1.82, 2.24) is 10.2 Å². The van der Waals surface area contributed by atoms with E-state index in [2.05, 4.69) is 5.32 Å². The van der Waals surface area contributed by atoms with Crippen LogP contribution in [0.4, 0.5) is 4.79 Å². The molecule has 1 unspecified atom stereocenters. The summed E-state index contributed by atoms with van der Waals surface area (Å²) in [5.41, 5.74) is 0. The highest BCUT2D eigenvalue weighted by Gasteiger charge is 2.24. The molecule has 0 aliphatic carbocycles. The van der Waals surface area contributed by atoms with Crippen molar-refractivity contribution in [3.05, 3.63) is 0 Å². The highest BCUT2D eigenvalue weighted by Crippen LogP contribution is 2.08. The fourth-order valence-corrected chi connectivity index (χ4v) is 1.62. The summed E-state index contributed by atoms with van der Waals surface area (Å²) >= 11 is 0. The molecule has 1 heterocycles. The summed E-state index contributed by atoms with van der Waals surface area (Å²) in [6, 6.07) is -0.498. The predicted octanol–water partition coefficient (Wildman–Crippen LogP) is 0.743. The first-order chi connectivity index (χ1) is 7.15. The lowest BCUT2D eigenvalue weighted by molar-refractivity contribution is -0.131. The summed E-state index contributed by atoms with van der Waals surface area (Å²) in [7, 11) is 0. The molecule has 1 N–H and O–H groups in total. The number of hydrogen-bond donors (Lipinski definition) is 1. The van der Waals surface area contributed by atoms with Crippen molar-refractivity contribution in [3.63, 3.8) is 0 Å². The molecule has 1 atom stereocenters. The molecular weight excluding hydrogens is 196 g/mol. The second kappa shape index (κ2) is 5.58. The monoisotopic (exact) mass is 214 g/mol. The van der Waals surface area contributed by atoms with Crippen molar-refractivity contribution in [2.45, 2.75) is 32.7 Å². The zero-order chi connectivity index (χ0) is 11.3. The third kappa shape index (κ3) is 3.42. The Morgan fingerprint density at radius 2 is 2.00 bits per heavy atom. The maximum absolute atomic E-state index is 11.7. The quantitative estimate of drug-likeness (QED) is 0.754. The second-order valence-corrected chi connectivity index (χ2v) is 3.62. The molecule has 1 aliphatic heterocycles. The summed E-state index contributed by atoms with van der Waals surface area (Å²) in [4.78, 5) is 24.6. The van der Waals surface area contributed by atoms with Gasteiger partial charge in [0.1, 0.15) is 6.04 Å². The van der Waals surface area contributed by atoms with E-state index in [1.54, 1.807) is 18.7 Å². The lowest BCUT2D eigenvalue weighted by Gasteiger charge is -2.20. The minimum Gasteiger partial charge on any atom is -0.450 e. The van der Waals surface area contributed by atoms with E-state index in [4.69, 9.17) is 4.74 Å².